The molecule has 3 heterocycles. The molecule has 0 radical (unpaired) electrons. The zero-order chi connectivity index (χ0) is 19.9. The van der Waals surface area contributed by atoms with Crippen molar-refractivity contribution in [2.45, 2.75) is 29.8 Å². The fourth-order valence-corrected chi connectivity index (χ4v) is 3.54. The van der Waals surface area contributed by atoms with Crippen LogP contribution in [-0.4, -0.2) is 34.6 Å². The van der Waals surface area contributed by atoms with Crippen LogP contribution in [0.3, 0.4) is 0 Å². The summed E-state index contributed by atoms with van der Waals surface area (Å²) in [5.41, 5.74) is 0.836. The largest absolute Gasteiger partial charge is 0.453 e. The third-order valence-electron chi connectivity index (χ3n) is 3.82. The van der Waals surface area contributed by atoms with Crippen LogP contribution in [-0.2, 0) is 12.7 Å². The van der Waals surface area contributed by atoms with Crippen molar-refractivity contribution in [1.82, 2.24) is 34.6 Å². The highest BCUT2D eigenvalue weighted by molar-refractivity contribution is 7.99. The van der Waals surface area contributed by atoms with Gasteiger partial charge in [-0.2, -0.15) is 22.8 Å². The summed E-state index contributed by atoms with van der Waals surface area (Å²) in [5, 5.41) is 20.4. The second-order valence-electron chi connectivity index (χ2n) is 5.62. The highest BCUT2D eigenvalue weighted by Gasteiger charge is 2.37. The summed E-state index contributed by atoms with van der Waals surface area (Å²) in [7, 11) is 0. The highest BCUT2D eigenvalue weighted by Crippen LogP contribution is 2.31. The van der Waals surface area contributed by atoms with E-state index in [0.717, 1.165) is 17.3 Å². The Bertz CT molecular complexity index is 1140. The molecule has 0 atom stereocenters. The fourth-order valence-electron chi connectivity index (χ4n) is 2.56. The van der Waals surface area contributed by atoms with Crippen molar-refractivity contribution >= 4 is 29.0 Å². The van der Waals surface area contributed by atoms with E-state index in [1.165, 1.54) is 6.07 Å². The lowest BCUT2D eigenvalue weighted by atomic mass is 10.2. The average Bonchev–Trinajstić information content (AvgIpc) is 3.25. The van der Waals surface area contributed by atoms with Gasteiger partial charge >= 0.3 is 6.18 Å². The lowest BCUT2D eigenvalue weighted by molar-refractivity contribution is -0.146. The van der Waals surface area contributed by atoms with Crippen LogP contribution in [0.2, 0.25) is 5.02 Å². The number of fused-ring (bicyclic) bond motifs is 1. The Morgan fingerprint density at radius 2 is 1.75 bits per heavy atom. The molecule has 3 aromatic heterocycles. The molecule has 12 heteroatoms. The number of benzene rings is 1. The van der Waals surface area contributed by atoms with E-state index >= 15 is 0 Å². The minimum atomic E-state index is -4.65. The van der Waals surface area contributed by atoms with E-state index in [1.807, 2.05) is 23.6 Å². The van der Waals surface area contributed by atoms with Gasteiger partial charge in [0.05, 0.1) is 0 Å². The van der Waals surface area contributed by atoms with Gasteiger partial charge in [-0.1, -0.05) is 11.6 Å². The summed E-state index contributed by atoms with van der Waals surface area (Å²) in [4.78, 5) is 0. The number of halogens is 4. The SMILES string of the molecule is CCn1c(Sc2ccc3nnc(C(F)(F)F)n3n2)nnc1-c1ccc(Cl)cc1. The molecule has 0 aliphatic heterocycles. The molecule has 0 amide bonds. The summed E-state index contributed by atoms with van der Waals surface area (Å²) in [6.45, 7) is 2.49. The maximum Gasteiger partial charge on any atom is 0.453 e. The number of hydrogen-bond acceptors (Lipinski definition) is 6. The van der Waals surface area contributed by atoms with Crippen molar-refractivity contribution in [3.8, 4) is 11.4 Å². The second-order valence-corrected chi connectivity index (χ2v) is 7.05. The summed E-state index contributed by atoms with van der Waals surface area (Å²) in [6.07, 6.45) is -4.65. The van der Waals surface area contributed by atoms with Gasteiger partial charge in [0, 0.05) is 17.1 Å². The Kier molecular flexibility index (Phi) is 4.71. The van der Waals surface area contributed by atoms with Crippen molar-refractivity contribution in [2.75, 3.05) is 0 Å². The summed E-state index contributed by atoms with van der Waals surface area (Å²) in [6, 6.07) is 10.1. The number of alkyl halides is 3. The molecule has 144 valence electrons. The molecule has 4 rings (SSSR count). The Hall–Kier alpha value is -2.66. The van der Waals surface area contributed by atoms with Crippen LogP contribution >= 0.6 is 23.4 Å². The molecule has 7 nitrogen and oxygen atoms in total. The molecule has 0 saturated heterocycles. The molecule has 1 aromatic carbocycles. The lowest BCUT2D eigenvalue weighted by Crippen LogP contribution is -2.12. The first-order valence-electron chi connectivity index (χ1n) is 8.03. The third-order valence-corrected chi connectivity index (χ3v) is 4.99. The van der Waals surface area contributed by atoms with E-state index in [-0.39, 0.29) is 5.65 Å². The minimum Gasteiger partial charge on any atom is -0.302 e. The average molecular weight is 426 g/mol. The lowest BCUT2D eigenvalue weighted by Gasteiger charge is -2.08. The molecule has 0 aliphatic carbocycles. The van der Waals surface area contributed by atoms with E-state index in [0.29, 0.717) is 32.1 Å². The van der Waals surface area contributed by atoms with Gasteiger partial charge in [-0.25, -0.2) is 0 Å². The molecular formula is C16H11ClF3N7S. The molecule has 0 N–H and O–H groups in total. The second kappa shape index (κ2) is 7.06. The predicted octanol–water partition coefficient (Wildman–Crippen LogP) is 4.23. The van der Waals surface area contributed by atoms with Crippen molar-refractivity contribution in [3.63, 3.8) is 0 Å². The van der Waals surface area contributed by atoms with Crippen molar-refractivity contribution in [3.05, 3.63) is 47.2 Å². The number of rotatable bonds is 4. The molecule has 4 aromatic rings. The van der Waals surface area contributed by atoms with Crippen LogP contribution in [0.25, 0.3) is 17.0 Å². The van der Waals surface area contributed by atoms with Gasteiger partial charge in [0.1, 0.15) is 5.03 Å². The van der Waals surface area contributed by atoms with Gasteiger partial charge in [-0.3, -0.25) is 0 Å². The normalized spacial score (nSPS) is 12.0. The van der Waals surface area contributed by atoms with Gasteiger partial charge in [-0.05, 0) is 55.1 Å². The Morgan fingerprint density at radius 1 is 1.00 bits per heavy atom. The molecule has 0 unspecified atom stereocenters. The first-order valence-corrected chi connectivity index (χ1v) is 9.23. The minimum absolute atomic E-state index is 0.00971. The maximum atomic E-state index is 13.0. The van der Waals surface area contributed by atoms with Gasteiger partial charge in [0.2, 0.25) is 0 Å². The van der Waals surface area contributed by atoms with E-state index in [2.05, 4.69) is 25.5 Å². The Morgan fingerprint density at radius 3 is 2.43 bits per heavy atom. The van der Waals surface area contributed by atoms with Gasteiger partial charge in [-0.15, -0.1) is 20.4 Å². The van der Waals surface area contributed by atoms with Gasteiger partial charge in [0.15, 0.2) is 16.6 Å². The molecular weight excluding hydrogens is 415 g/mol. The maximum absolute atomic E-state index is 13.0. The van der Waals surface area contributed by atoms with E-state index in [4.69, 9.17) is 11.6 Å². The molecule has 0 fully saturated rings. The number of aromatic nitrogens is 7. The number of nitrogens with zero attached hydrogens (tertiary/aromatic N) is 7. The van der Waals surface area contributed by atoms with Crippen LogP contribution in [0.4, 0.5) is 13.2 Å². The van der Waals surface area contributed by atoms with E-state index in [9.17, 15) is 13.2 Å². The van der Waals surface area contributed by atoms with Crippen LogP contribution in [0.5, 0.6) is 0 Å². The van der Waals surface area contributed by atoms with E-state index in [1.54, 1.807) is 18.2 Å². The van der Waals surface area contributed by atoms with Crippen molar-refractivity contribution in [1.29, 1.82) is 0 Å². The first-order chi connectivity index (χ1) is 13.4. The van der Waals surface area contributed by atoms with Crippen LogP contribution in [0.15, 0.2) is 46.6 Å². The van der Waals surface area contributed by atoms with Crippen LogP contribution in [0.1, 0.15) is 12.7 Å². The third kappa shape index (κ3) is 3.42. The molecule has 0 bridgehead atoms. The number of hydrogen-bond donors (Lipinski definition) is 0. The quantitative estimate of drug-likeness (QED) is 0.487. The van der Waals surface area contributed by atoms with Crippen LogP contribution in [0, 0.1) is 0 Å². The smallest absolute Gasteiger partial charge is 0.302 e. The van der Waals surface area contributed by atoms with Crippen molar-refractivity contribution < 1.29 is 13.2 Å². The highest BCUT2D eigenvalue weighted by atomic mass is 35.5. The van der Waals surface area contributed by atoms with E-state index < -0.39 is 12.0 Å². The molecule has 0 spiro atoms. The summed E-state index contributed by atoms with van der Waals surface area (Å²) < 4.78 is 41.6. The van der Waals surface area contributed by atoms with Gasteiger partial charge in [0.25, 0.3) is 5.82 Å². The first kappa shape index (κ1) is 18.7. The van der Waals surface area contributed by atoms with Crippen LogP contribution < -0.4 is 0 Å². The monoisotopic (exact) mass is 425 g/mol. The molecule has 28 heavy (non-hydrogen) atoms. The Balaban J connectivity index is 1.70. The zero-order valence-electron chi connectivity index (χ0n) is 14.2. The topological polar surface area (TPSA) is 73.8 Å². The fraction of sp³-hybridized carbons (Fsp3) is 0.188. The standard InChI is InChI=1S/C16H11ClF3N7S/c1-2-26-13(9-3-5-10(17)6-4-9)22-24-15(26)28-12-8-7-11-21-23-14(16(18,19)20)27(11)25-12/h3-8H,2H2,1H3. The Labute approximate surface area is 165 Å². The molecule has 0 aliphatic rings. The zero-order valence-corrected chi connectivity index (χ0v) is 15.8. The van der Waals surface area contributed by atoms with Gasteiger partial charge < -0.3 is 4.57 Å². The molecule has 0 saturated carbocycles. The predicted molar refractivity (Wildman–Crippen MR) is 96.0 cm³/mol. The van der Waals surface area contributed by atoms with Crippen molar-refractivity contribution in [2.24, 2.45) is 0 Å². The summed E-state index contributed by atoms with van der Waals surface area (Å²) in [5.74, 6) is -0.549. The summed E-state index contributed by atoms with van der Waals surface area (Å²) >= 11 is 7.02.